The van der Waals surface area contributed by atoms with Crippen LogP contribution in [0, 0.1) is 6.92 Å². The molecular weight excluding hydrogens is 382 g/mol. The van der Waals surface area contributed by atoms with E-state index in [9.17, 15) is 8.42 Å². The molecule has 0 atom stereocenters. The molecule has 9 heteroatoms. The van der Waals surface area contributed by atoms with Gasteiger partial charge in [0.2, 0.25) is 0 Å². The molecule has 142 valence electrons. The second-order valence-electron chi connectivity index (χ2n) is 6.34. The van der Waals surface area contributed by atoms with Crippen molar-refractivity contribution in [1.82, 2.24) is 9.97 Å². The summed E-state index contributed by atoms with van der Waals surface area (Å²) in [7, 11) is -3.82. The Labute approximate surface area is 160 Å². The van der Waals surface area contributed by atoms with Gasteiger partial charge in [0, 0.05) is 12.5 Å². The minimum absolute atomic E-state index is 0.145. The van der Waals surface area contributed by atoms with Crippen molar-refractivity contribution >= 4 is 26.8 Å². The molecule has 0 saturated carbocycles. The van der Waals surface area contributed by atoms with Crippen molar-refractivity contribution in [3.63, 3.8) is 0 Å². The van der Waals surface area contributed by atoms with Crippen LogP contribution in [0.4, 0.5) is 5.69 Å². The zero-order chi connectivity index (χ0) is 19.3. The van der Waals surface area contributed by atoms with Crippen molar-refractivity contribution in [2.24, 2.45) is 0 Å². The van der Waals surface area contributed by atoms with Gasteiger partial charge in [-0.1, -0.05) is 0 Å². The molecule has 0 fully saturated rings. The summed E-state index contributed by atoms with van der Waals surface area (Å²) in [4.78, 5) is 8.29. The van der Waals surface area contributed by atoms with E-state index in [4.69, 9.17) is 13.6 Å². The summed E-state index contributed by atoms with van der Waals surface area (Å²) < 4.78 is 44.5. The molecule has 0 saturated heterocycles. The van der Waals surface area contributed by atoms with Crippen molar-refractivity contribution < 1.29 is 22.0 Å². The second kappa shape index (κ2) is 6.10. The van der Waals surface area contributed by atoms with Gasteiger partial charge in [-0.15, -0.1) is 0 Å². The molecule has 3 heterocycles. The van der Waals surface area contributed by atoms with Crippen molar-refractivity contribution in [2.75, 3.05) is 17.5 Å². The average molecular weight is 397 g/mol. The first-order valence-corrected chi connectivity index (χ1v) is 10.0. The molecule has 28 heavy (non-hydrogen) atoms. The number of aryl methyl sites for hydroxylation is 1. The Morgan fingerprint density at radius 2 is 2.04 bits per heavy atom. The quantitative estimate of drug-likeness (QED) is 0.522. The minimum Gasteiger partial charge on any atom is -0.489 e. The molecule has 0 bridgehead atoms. The van der Waals surface area contributed by atoms with E-state index in [0.717, 1.165) is 0 Å². The van der Waals surface area contributed by atoms with E-state index in [0.29, 0.717) is 39.8 Å². The van der Waals surface area contributed by atoms with Crippen LogP contribution in [0.25, 0.3) is 22.4 Å². The number of fused-ring (bicyclic) bond motifs is 2. The van der Waals surface area contributed by atoms with Crippen LogP contribution >= 0.6 is 0 Å². The van der Waals surface area contributed by atoms with Gasteiger partial charge in [-0.05, 0) is 36.4 Å². The molecule has 0 amide bonds. The zero-order valence-electron chi connectivity index (χ0n) is 14.8. The average Bonchev–Trinajstić information content (AvgIpc) is 3.35. The second-order valence-corrected chi connectivity index (χ2v) is 8.20. The molecular formula is C19H15N3O5S. The lowest BCUT2D eigenvalue weighted by molar-refractivity contribution is 0.316. The van der Waals surface area contributed by atoms with E-state index in [-0.39, 0.29) is 18.0 Å². The van der Waals surface area contributed by atoms with Gasteiger partial charge in [0.15, 0.2) is 23.6 Å². The van der Waals surface area contributed by atoms with Crippen molar-refractivity contribution in [1.29, 1.82) is 0 Å². The standard InChI is InChI=1S/C19H15N3O5S/c1-12-21-15-9-14(3-5-17(15)27-12)28(23,24)22-6-7-25-18-4-2-13(8-16(18)22)19-10-20-11-26-19/h2-5,8-11H,6-7H2,1H3. The summed E-state index contributed by atoms with van der Waals surface area (Å²) in [6, 6.07) is 9.94. The molecule has 0 unspecified atom stereocenters. The highest BCUT2D eigenvalue weighted by atomic mass is 32.2. The van der Waals surface area contributed by atoms with Gasteiger partial charge >= 0.3 is 0 Å². The number of aromatic nitrogens is 2. The monoisotopic (exact) mass is 397 g/mol. The maximum absolute atomic E-state index is 13.4. The number of ether oxygens (including phenoxy) is 1. The number of nitrogens with zero attached hydrogens (tertiary/aromatic N) is 3. The van der Waals surface area contributed by atoms with Crippen LogP contribution in [0.15, 0.2) is 62.7 Å². The normalized spacial score (nSPS) is 14.1. The molecule has 0 aliphatic carbocycles. The van der Waals surface area contributed by atoms with Crippen LogP contribution in [0.1, 0.15) is 5.89 Å². The molecule has 1 aliphatic rings. The van der Waals surface area contributed by atoms with Crippen LogP contribution in [-0.2, 0) is 10.0 Å². The van der Waals surface area contributed by atoms with Gasteiger partial charge in [0.05, 0.1) is 23.3 Å². The van der Waals surface area contributed by atoms with E-state index in [1.54, 1.807) is 37.4 Å². The lowest BCUT2D eigenvalue weighted by Crippen LogP contribution is -2.37. The first-order valence-electron chi connectivity index (χ1n) is 8.58. The fourth-order valence-electron chi connectivity index (χ4n) is 3.26. The summed E-state index contributed by atoms with van der Waals surface area (Å²) in [6.45, 7) is 2.18. The fourth-order valence-corrected chi connectivity index (χ4v) is 4.74. The molecule has 0 spiro atoms. The van der Waals surface area contributed by atoms with Crippen LogP contribution in [0.5, 0.6) is 5.75 Å². The highest BCUT2D eigenvalue weighted by Gasteiger charge is 2.31. The Morgan fingerprint density at radius 1 is 1.14 bits per heavy atom. The molecule has 8 nitrogen and oxygen atoms in total. The number of anilines is 1. The summed E-state index contributed by atoms with van der Waals surface area (Å²) >= 11 is 0. The Bertz CT molecular complexity index is 1280. The molecule has 4 aromatic rings. The van der Waals surface area contributed by atoms with E-state index in [2.05, 4.69) is 9.97 Å². The smallest absolute Gasteiger partial charge is 0.264 e. The van der Waals surface area contributed by atoms with E-state index < -0.39 is 10.0 Å². The first kappa shape index (κ1) is 16.8. The van der Waals surface area contributed by atoms with E-state index in [1.807, 2.05) is 0 Å². The number of oxazole rings is 2. The minimum atomic E-state index is -3.82. The van der Waals surface area contributed by atoms with Crippen molar-refractivity contribution in [3.8, 4) is 17.1 Å². The summed E-state index contributed by atoms with van der Waals surface area (Å²) in [5, 5.41) is 0. The van der Waals surface area contributed by atoms with Crippen LogP contribution in [0.2, 0.25) is 0 Å². The third-order valence-corrected chi connectivity index (χ3v) is 6.36. The van der Waals surface area contributed by atoms with Crippen LogP contribution in [-0.4, -0.2) is 31.5 Å². The molecule has 0 radical (unpaired) electrons. The van der Waals surface area contributed by atoms with Crippen LogP contribution in [0.3, 0.4) is 0 Å². The van der Waals surface area contributed by atoms with Crippen molar-refractivity contribution in [2.45, 2.75) is 11.8 Å². The number of hydrogen-bond donors (Lipinski definition) is 0. The Kier molecular flexibility index (Phi) is 3.66. The highest BCUT2D eigenvalue weighted by Crippen LogP contribution is 2.38. The van der Waals surface area contributed by atoms with Crippen LogP contribution < -0.4 is 9.04 Å². The SMILES string of the molecule is Cc1nc2cc(S(=O)(=O)N3CCOc4ccc(-c5cnco5)cc43)ccc2o1. The predicted molar refractivity (Wildman–Crippen MR) is 101 cm³/mol. The van der Waals surface area contributed by atoms with Gasteiger partial charge in [0.25, 0.3) is 10.0 Å². The Balaban J connectivity index is 1.61. The third-order valence-electron chi connectivity index (χ3n) is 4.55. The summed E-state index contributed by atoms with van der Waals surface area (Å²) in [6.07, 6.45) is 2.90. The number of benzene rings is 2. The van der Waals surface area contributed by atoms with E-state index in [1.165, 1.54) is 22.8 Å². The van der Waals surface area contributed by atoms with Gasteiger partial charge in [-0.3, -0.25) is 4.31 Å². The fraction of sp³-hybridized carbons (Fsp3) is 0.158. The third kappa shape index (κ3) is 2.63. The largest absolute Gasteiger partial charge is 0.489 e. The summed E-state index contributed by atoms with van der Waals surface area (Å²) in [5.74, 6) is 1.53. The molecule has 2 aromatic carbocycles. The number of rotatable bonds is 3. The van der Waals surface area contributed by atoms with Gasteiger partial charge < -0.3 is 13.6 Å². The molecule has 5 rings (SSSR count). The summed E-state index contributed by atoms with van der Waals surface area (Å²) in [5.41, 5.74) is 2.22. The van der Waals surface area contributed by atoms with E-state index >= 15 is 0 Å². The topological polar surface area (TPSA) is 98.7 Å². The molecule has 0 N–H and O–H groups in total. The van der Waals surface area contributed by atoms with Gasteiger partial charge in [0.1, 0.15) is 17.9 Å². The number of sulfonamides is 1. The zero-order valence-corrected chi connectivity index (χ0v) is 15.6. The molecule has 1 aliphatic heterocycles. The van der Waals surface area contributed by atoms with Gasteiger partial charge in [-0.2, -0.15) is 0 Å². The Morgan fingerprint density at radius 3 is 2.86 bits per heavy atom. The van der Waals surface area contributed by atoms with Gasteiger partial charge in [-0.25, -0.2) is 18.4 Å². The Hall–Kier alpha value is -3.33. The lowest BCUT2D eigenvalue weighted by Gasteiger charge is -2.30. The maximum atomic E-state index is 13.4. The first-order chi connectivity index (χ1) is 13.5. The van der Waals surface area contributed by atoms with Crippen molar-refractivity contribution in [3.05, 3.63) is 54.9 Å². The highest BCUT2D eigenvalue weighted by molar-refractivity contribution is 7.92. The maximum Gasteiger partial charge on any atom is 0.264 e. The lowest BCUT2D eigenvalue weighted by atomic mass is 10.1. The predicted octanol–water partition coefficient (Wildman–Crippen LogP) is 3.38. The number of hydrogen-bond acceptors (Lipinski definition) is 7. The molecule has 2 aromatic heterocycles.